The summed E-state index contributed by atoms with van der Waals surface area (Å²) in [5.74, 6) is 0.728. The molecule has 0 aliphatic heterocycles. The highest BCUT2D eigenvalue weighted by Gasteiger charge is 2.52. The van der Waals surface area contributed by atoms with Gasteiger partial charge in [-0.05, 0) is 62.2 Å². The molecule has 2 aliphatic carbocycles. The minimum absolute atomic E-state index is 0.496. The maximum Gasteiger partial charge on any atom is 0.160 e. The van der Waals surface area contributed by atoms with E-state index in [9.17, 15) is 0 Å². The van der Waals surface area contributed by atoms with E-state index >= 15 is 0 Å². The first-order valence-corrected chi connectivity index (χ1v) is 18.5. The third-order valence-electron chi connectivity index (χ3n) is 11.7. The second kappa shape index (κ2) is 11.0. The second-order valence-electron chi connectivity index (χ2n) is 14.4. The zero-order valence-corrected chi connectivity index (χ0v) is 29.1. The molecule has 10 aromatic rings. The molecule has 0 N–H and O–H groups in total. The molecule has 0 fully saturated rings. The van der Waals surface area contributed by atoms with E-state index < -0.39 is 5.41 Å². The molecule has 0 saturated carbocycles. The van der Waals surface area contributed by atoms with E-state index in [-0.39, 0.29) is 0 Å². The van der Waals surface area contributed by atoms with Gasteiger partial charge in [0.15, 0.2) is 5.82 Å². The number of furan rings is 1. The Balaban J connectivity index is 1.07. The van der Waals surface area contributed by atoms with Crippen LogP contribution in [0.2, 0.25) is 0 Å². The SMILES string of the molecule is c1ccc2c(c1)-c1ccccc1C21c2ccccc2-c2cccc(-c3nc(-c4ccc(-c5cccc6c5oc5ccccc56)cc4)c4ccccc4n3)c21. The van der Waals surface area contributed by atoms with Crippen LogP contribution in [0.5, 0.6) is 0 Å². The molecule has 8 aromatic carbocycles. The first-order chi connectivity index (χ1) is 26.8. The number of hydrogen-bond acceptors (Lipinski definition) is 3. The highest BCUT2D eigenvalue weighted by molar-refractivity contribution is 6.09. The molecule has 1 spiro atoms. The van der Waals surface area contributed by atoms with Crippen LogP contribution in [0.3, 0.4) is 0 Å². The summed E-state index contributed by atoms with van der Waals surface area (Å²) >= 11 is 0. The van der Waals surface area contributed by atoms with Gasteiger partial charge >= 0.3 is 0 Å². The lowest BCUT2D eigenvalue weighted by Crippen LogP contribution is -2.26. The van der Waals surface area contributed by atoms with Crippen LogP contribution in [0.1, 0.15) is 22.3 Å². The molecule has 12 rings (SSSR count). The van der Waals surface area contributed by atoms with Crippen molar-refractivity contribution in [3.63, 3.8) is 0 Å². The lowest BCUT2D eigenvalue weighted by Gasteiger charge is -2.32. The van der Waals surface area contributed by atoms with E-state index in [4.69, 9.17) is 14.4 Å². The van der Waals surface area contributed by atoms with Crippen LogP contribution in [0, 0.1) is 0 Å². The third kappa shape index (κ3) is 3.85. The lowest BCUT2D eigenvalue weighted by molar-refractivity contribution is 0.670. The van der Waals surface area contributed by atoms with Crippen LogP contribution in [-0.4, -0.2) is 9.97 Å². The monoisotopic (exact) mass is 686 g/mol. The van der Waals surface area contributed by atoms with Crippen molar-refractivity contribution < 1.29 is 4.42 Å². The minimum Gasteiger partial charge on any atom is -0.455 e. The van der Waals surface area contributed by atoms with Crippen LogP contribution in [0.25, 0.3) is 88.9 Å². The number of benzene rings is 8. The fraction of sp³-hybridized carbons (Fsp3) is 0.0196. The highest BCUT2D eigenvalue weighted by Crippen LogP contribution is 2.64. The van der Waals surface area contributed by atoms with Crippen LogP contribution in [0.15, 0.2) is 186 Å². The summed E-state index contributed by atoms with van der Waals surface area (Å²) in [5.41, 5.74) is 17.6. The van der Waals surface area contributed by atoms with Crippen molar-refractivity contribution in [3.8, 4) is 56.0 Å². The van der Waals surface area contributed by atoms with Crippen LogP contribution in [-0.2, 0) is 5.41 Å². The topological polar surface area (TPSA) is 38.9 Å². The molecule has 0 atom stereocenters. The summed E-state index contributed by atoms with van der Waals surface area (Å²) < 4.78 is 6.40. The standard InChI is InChI=1S/C51H30N2O/c1-6-22-42-34(13-1)35-14-2-7-23-43(35)51(42)44-24-8-3-15-36(44)38-19-12-21-41(47(38)51)50-52-45-25-9-4-17-40(45)48(53-50)32-29-27-31(28-30-32)33-18-11-20-39-37-16-5-10-26-46(37)54-49(33)39/h1-30H. The van der Waals surface area contributed by atoms with E-state index in [0.717, 1.165) is 66.6 Å². The summed E-state index contributed by atoms with van der Waals surface area (Å²) in [4.78, 5) is 10.8. The predicted octanol–water partition coefficient (Wildman–Crippen LogP) is 12.9. The molecule has 54 heavy (non-hydrogen) atoms. The molecule has 3 nitrogen and oxygen atoms in total. The zero-order chi connectivity index (χ0) is 35.4. The van der Waals surface area contributed by atoms with Gasteiger partial charge < -0.3 is 4.42 Å². The fourth-order valence-electron chi connectivity index (χ4n) is 9.54. The smallest absolute Gasteiger partial charge is 0.160 e. The summed E-state index contributed by atoms with van der Waals surface area (Å²) in [6, 6.07) is 65.2. The van der Waals surface area contributed by atoms with Gasteiger partial charge in [-0.1, -0.05) is 170 Å². The quantitative estimate of drug-likeness (QED) is 0.186. The van der Waals surface area contributed by atoms with E-state index in [1.165, 1.54) is 44.5 Å². The molecule has 0 saturated heterocycles. The van der Waals surface area contributed by atoms with E-state index in [1.54, 1.807) is 0 Å². The average molecular weight is 687 g/mol. The molecular weight excluding hydrogens is 657 g/mol. The van der Waals surface area contributed by atoms with E-state index in [1.807, 2.05) is 12.1 Å². The Bertz CT molecular complexity index is 3110. The molecular formula is C51H30N2O. The second-order valence-corrected chi connectivity index (χ2v) is 14.4. The lowest BCUT2D eigenvalue weighted by atomic mass is 9.69. The summed E-state index contributed by atoms with van der Waals surface area (Å²) in [6.07, 6.45) is 0. The number of nitrogens with zero attached hydrogens (tertiary/aromatic N) is 2. The van der Waals surface area contributed by atoms with Gasteiger partial charge in [-0.15, -0.1) is 0 Å². The molecule has 250 valence electrons. The minimum atomic E-state index is -0.496. The fourth-order valence-corrected chi connectivity index (χ4v) is 9.54. The first-order valence-electron chi connectivity index (χ1n) is 18.5. The summed E-state index contributed by atoms with van der Waals surface area (Å²) in [7, 11) is 0. The van der Waals surface area contributed by atoms with Crippen LogP contribution >= 0.6 is 0 Å². The largest absolute Gasteiger partial charge is 0.455 e. The van der Waals surface area contributed by atoms with Crippen molar-refractivity contribution in [2.45, 2.75) is 5.41 Å². The molecule has 0 amide bonds. The number of aromatic nitrogens is 2. The third-order valence-corrected chi connectivity index (χ3v) is 11.7. The Morgan fingerprint density at radius 2 is 0.889 bits per heavy atom. The number of para-hydroxylation sites is 3. The van der Waals surface area contributed by atoms with Gasteiger partial charge in [0.05, 0.1) is 16.6 Å². The highest BCUT2D eigenvalue weighted by atomic mass is 16.3. The van der Waals surface area contributed by atoms with Gasteiger partial charge in [0, 0.05) is 32.8 Å². The zero-order valence-electron chi connectivity index (χ0n) is 29.1. The molecule has 2 aliphatic rings. The normalized spacial score (nSPS) is 13.3. The van der Waals surface area contributed by atoms with Gasteiger partial charge in [-0.2, -0.15) is 0 Å². The maximum atomic E-state index is 6.40. The Hall–Kier alpha value is -7.10. The Morgan fingerprint density at radius 3 is 1.63 bits per heavy atom. The van der Waals surface area contributed by atoms with Crippen LogP contribution < -0.4 is 0 Å². The van der Waals surface area contributed by atoms with Crippen molar-refractivity contribution in [1.29, 1.82) is 0 Å². The van der Waals surface area contributed by atoms with Gasteiger partial charge in [-0.3, -0.25) is 0 Å². The summed E-state index contributed by atoms with van der Waals surface area (Å²) in [5, 5.41) is 3.28. The molecule has 0 bridgehead atoms. The van der Waals surface area contributed by atoms with E-state index in [0.29, 0.717) is 0 Å². The molecule has 2 aromatic heterocycles. The Kier molecular flexibility index (Phi) is 5.98. The molecule has 2 heterocycles. The number of hydrogen-bond donors (Lipinski definition) is 0. The van der Waals surface area contributed by atoms with Crippen molar-refractivity contribution in [2.24, 2.45) is 0 Å². The van der Waals surface area contributed by atoms with Crippen molar-refractivity contribution in [1.82, 2.24) is 9.97 Å². The van der Waals surface area contributed by atoms with Crippen molar-refractivity contribution >= 4 is 32.8 Å². The van der Waals surface area contributed by atoms with Gasteiger partial charge in [-0.25, -0.2) is 9.97 Å². The van der Waals surface area contributed by atoms with Gasteiger partial charge in [0.25, 0.3) is 0 Å². The van der Waals surface area contributed by atoms with Crippen LogP contribution in [0.4, 0.5) is 0 Å². The van der Waals surface area contributed by atoms with Gasteiger partial charge in [0.2, 0.25) is 0 Å². The van der Waals surface area contributed by atoms with Gasteiger partial charge in [0.1, 0.15) is 11.2 Å². The first kappa shape index (κ1) is 29.5. The maximum absolute atomic E-state index is 6.40. The Labute approximate surface area is 311 Å². The number of rotatable bonds is 3. The predicted molar refractivity (Wildman–Crippen MR) is 219 cm³/mol. The molecule has 0 unspecified atom stereocenters. The molecule has 0 radical (unpaired) electrons. The average Bonchev–Trinajstić information content (AvgIpc) is 3.88. The summed E-state index contributed by atoms with van der Waals surface area (Å²) in [6.45, 7) is 0. The number of fused-ring (bicyclic) bond motifs is 14. The van der Waals surface area contributed by atoms with Crippen molar-refractivity contribution in [3.05, 3.63) is 204 Å². The molecule has 3 heteroatoms. The van der Waals surface area contributed by atoms with Crippen molar-refractivity contribution in [2.75, 3.05) is 0 Å². The Morgan fingerprint density at radius 1 is 0.370 bits per heavy atom. The van der Waals surface area contributed by atoms with E-state index in [2.05, 4.69) is 170 Å².